The summed E-state index contributed by atoms with van der Waals surface area (Å²) in [7, 11) is 1.20. The maximum Gasteiger partial charge on any atom is 0.416 e. The molecule has 0 unspecified atom stereocenters. The molecule has 4 nitrogen and oxygen atoms in total. The summed E-state index contributed by atoms with van der Waals surface area (Å²) >= 11 is 0. The number of aliphatic carboxylic acids is 1. The van der Waals surface area contributed by atoms with Crippen molar-refractivity contribution in [3.8, 4) is 11.5 Å². The largest absolute Gasteiger partial charge is 0.504 e. The highest BCUT2D eigenvalue weighted by molar-refractivity contribution is 5.84. The standard InChI is InChI=1S/C14H15F3O4/c1-21-9-5-4-8(14(15,16)17)10(11(9)18)13(12(19)20)6-2-3-7-13/h4-5,18H,2-3,6-7H2,1H3,(H,19,20). The van der Waals surface area contributed by atoms with E-state index in [9.17, 15) is 28.2 Å². The summed E-state index contributed by atoms with van der Waals surface area (Å²) in [5.74, 6) is -2.25. The molecule has 1 aliphatic rings. The Morgan fingerprint density at radius 1 is 1.29 bits per heavy atom. The van der Waals surface area contributed by atoms with Gasteiger partial charge in [0.05, 0.1) is 18.1 Å². The lowest BCUT2D eigenvalue weighted by Gasteiger charge is -2.29. The highest BCUT2D eigenvalue weighted by Crippen LogP contribution is 2.52. The molecule has 1 aliphatic carbocycles. The molecule has 0 radical (unpaired) electrons. The van der Waals surface area contributed by atoms with Crippen molar-refractivity contribution < 1.29 is 32.9 Å². The molecule has 2 N–H and O–H groups in total. The Morgan fingerprint density at radius 2 is 1.86 bits per heavy atom. The van der Waals surface area contributed by atoms with Crippen molar-refractivity contribution in [2.45, 2.75) is 37.3 Å². The van der Waals surface area contributed by atoms with Crippen molar-refractivity contribution in [3.05, 3.63) is 23.3 Å². The monoisotopic (exact) mass is 304 g/mol. The first-order valence-corrected chi connectivity index (χ1v) is 6.45. The number of methoxy groups -OCH3 is 1. The predicted octanol–water partition coefficient (Wildman–Crippen LogP) is 3.32. The zero-order valence-electron chi connectivity index (χ0n) is 11.3. The molecule has 2 rings (SSSR count). The molecule has 0 aromatic heterocycles. The molecule has 0 bridgehead atoms. The number of alkyl halides is 3. The Labute approximate surface area is 119 Å². The fourth-order valence-electron chi connectivity index (χ4n) is 3.01. The van der Waals surface area contributed by atoms with E-state index in [2.05, 4.69) is 0 Å². The van der Waals surface area contributed by atoms with E-state index < -0.39 is 34.4 Å². The van der Waals surface area contributed by atoms with E-state index in [1.54, 1.807) is 0 Å². The van der Waals surface area contributed by atoms with Gasteiger partial charge in [-0.15, -0.1) is 0 Å². The smallest absolute Gasteiger partial charge is 0.416 e. The first kappa shape index (κ1) is 15.5. The topological polar surface area (TPSA) is 66.8 Å². The Balaban J connectivity index is 2.78. The SMILES string of the molecule is COc1ccc(C(F)(F)F)c(C2(C(=O)O)CCCC2)c1O. The van der Waals surface area contributed by atoms with Gasteiger partial charge in [-0.05, 0) is 25.0 Å². The van der Waals surface area contributed by atoms with Gasteiger partial charge in [-0.1, -0.05) is 12.8 Å². The van der Waals surface area contributed by atoms with Crippen LogP contribution in [0.15, 0.2) is 12.1 Å². The van der Waals surface area contributed by atoms with E-state index in [-0.39, 0.29) is 18.6 Å². The van der Waals surface area contributed by atoms with Crippen LogP contribution in [-0.2, 0) is 16.4 Å². The first-order chi connectivity index (χ1) is 9.74. The van der Waals surface area contributed by atoms with Gasteiger partial charge in [0.2, 0.25) is 0 Å². The number of hydrogen-bond acceptors (Lipinski definition) is 3. The summed E-state index contributed by atoms with van der Waals surface area (Å²) in [4.78, 5) is 11.6. The van der Waals surface area contributed by atoms with Crippen molar-refractivity contribution >= 4 is 5.97 Å². The van der Waals surface area contributed by atoms with Crippen LogP contribution in [0.1, 0.15) is 36.8 Å². The van der Waals surface area contributed by atoms with Crippen molar-refractivity contribution in [1.82, 2.24) is 0 Å². The number of carboxylic acids is 1. The van der Waals surface area contributed by atoms with Gasteiger partial charge in [0.25, 0.3) is 0 Å². The summed E-state index contributed by atoms with van der Waals surface area (Å²) in [5.41, 5.74) is -3.42. The second-order valence-corrected chi connectivity index (χ2v) is 5.13. The van der Waals surface area contributed by atoms with E-state index in [1.807, 2.05) is 0 Å². The minimum atomic E-state index is -4.75. The number of halogens is 3. The van der Waals surface area contributed by atoms with Crippen molar-refractivity contribution in [3.63, 3.8) is 0 Å². The number of phenols is 1. The summed E-state index contributed by atoms with van der Waals surface area (Å²) in [6.07, 6.45) is -3.62. The van der Waals surface area contributed by atoms with Gasteiger partial charge in [-0.2, -0.15) is 13.2 Å². The molecule has 21 heavy (non-hydrogen) atoms. The number of carboxylic acid groups (broad SMARTS) is 1. The van der Waals surface area contributed by atoms with Gasteiger partial charge in [0.15, 0.2) is 11.5 Å². The highest BCUT2D eigenvalue weighted by Gasteiger charge is 2.50. The minimum Gasteiger partial charge on any atom is -0.504 e. The number of ether oxygens (including phenoxy) is 1. The van der Waals surface area contributed by atoms with Gasteiger partial charge >= 0.3 is 12.1 Å². The molecule has 1 aromatic rings. The third-order valence-electron chi connectivity index (χ3n) is 4.01. The maximum absolute atomic E-state index is 13.2. The molecule has 0 amide bonds. The Kier molecular flexibility index (Phi) is 3.78. The van der Waals surface area contributed by atoms with Crippen LogP contribution in [0, 0.1) is 0 Å². The molecule has 0 spiro atoms. The van der Waals surface area contributed by atoms with E-state index in [1.165, 1.54) is 7.11 Å². The number of hydrogen-bond donors (Lipinski definition) is 2. The second kappa shape index (κ2) is 5.13. The lowest BCUT2D eigenvalue weighted by Crippen LogP contribution is -2.35. The normalized spacial score (nSPS) is 17.7. The zero-order chi connectivity index (χ0) is 15.8. The van der Waals surface area contributed by atoms with Crippen molar-refractivity contribution in [1.29, 1.82) is 0 Å². The van der Waals surface area contributed by atoms with Crippen LogP contribution in [-0.4, -0.2) is 23.3 Å². The van der Waals surface area contributed by atoms with Gasteiger partial charge in [0.1, 0.15) is 0 Å². The summed E-state index contributed by atoms with van der Waals surface area (Å²) < 4.78 is 44.4. The molecule has 1 aromatic carbocycles. The average Bonchev–Trinajstić information content (AvgIpc) is 2.87. The van der Waals surface area contributed by atoms with Crippen LogP contribution in [0.2, 0.25) is 0 Å². The Morgan fingerprint density at radius 3 is 2.29 bits per heavy atom. The van der Waals surface area contributed by atoms with E-state index >= 15 is 0 Å². The number of carbonyl (C=O) groups is 1. The molecule has 0 saturated heterocycles. The van der Waals surface area contributed by atoms with Crippen LogP contribution in [0.3, 0.4) is 0 Å². The van der Waals surface area contributed by atoms with Crippen LogP contribution >= 0.6 is 0 Å². The molecule has 1 fully saturated rings. The van der Waals surface area contributed by atoms with Crippen LogP contribution in [0.25, 0.3) is 0 Å². The molecule has 1 saturated carbocycles. The zero-order valence-corrected chi connectivity index (χ0v) is 11.3. The predicted molar refractivity (Wildman–Crippen MR) is 67.4 cm³/mol. The molecule has 0 heterocycles. The van der Waals surface area contributed by atoms with Gasteiger partial charge in [0, 0.05) is 5.56 Å². The fraction of sp³-hybridized carbons (Fsp3) is 0.500. The number of rotatable bonds is 3. The van der Waals surface area contributed by atoms with Crippen molar-refractivity contribution in [2.24, 2.45) is 0 Å². The van der Waals surface area contributed by atoms with E-state index in [4.69, 9.17) is 4.74 Å². The lowest BCUT2D eigenvalue weighted by atomic mass is 9.75. The minimum absolute atomic E-state index is 0.0616. The Bertz CT molecular complexity index is 560. The van der Waals surface area contributed by atoms with Gasteiger partial charge in [-0.3, -0.25) is 4.79 Å². The molecule has 7 heteroatoms. The third kappa shape index (κ3) is 2.41. The van der Waals surface area contributed by atoms with E-state index in [0.29, 0.717) is 12.8 Å². The van der Waals surface area contributed by atoms with Gasteiger partial charge in [-0.25, -0.2) is 0 Å². The molecule has 116 valence electrons. The van der Waals surface area contributed by atoms with Crippen LogP contribution < -0.4 is 4.74 Å². The molecule has 0 aliphatic heterocycles. The molecular formula is C14H15F3O4. The Hall–Kier alpha value is -1.92. The van der Waals surface area contributed by atoms with Crippen LogP contribution in [0.4, 0.5) is 13.2 Å². The van der Waals surface area contributed by atoms with Crippen molar-refractivity contribution in [2.75, 3.05) is 7.11 Å². The van der Waals surface area contributed by atoms with Crippen LogP contribution in [0.5, 0.6) is 11.5 Å². The number of phenolic OH excluding ortho intramolecular Hbond substituents is 1. The average molecular weight is 304 g/mol. The summed E-state index contributed by atoms with van der Waals surface area (Å²) in [6, 6.07) is 1.75. The highest BCUT2D eigenvalue weighted by atomic mass is 19.4. The number of benzene rings is 1. The summed E-state index contributed by atoms with van der Waals surface area (Å²) in [5, 5.41) is 19.6. The maximum atomic E-state index is 13.2. The molecule has 0 atom stereocenters. The third-order valence-corrected chi connectivity index (χ3v) is 4.01. The second-order valence-electron chi connectivity index (χ2n) is 5.13. The quantitative estimate of drug-likeness (QED) is 0.899. The van der Waals surface area contributed by atoms with E-state index in [0.717, 1.165) is 12.1 Å². The summed E-state index contributed by atoms with van der Waals surface area (Å²) in [6.45, 7) is 0. The number of aromatic hydroxyl groups is 1. The fourth-order valence-corrected chi connectivity index (χ4v) is 3.01. The first-order valence-electron chi connectivity index (χ1n) is 6.45. The molecular weight excluding hydrogens is 289 g/mol. The van der Waals surface area contributed by atoms with Gasteiger partial charge < -0.3 is 14.9 Å². The lowest BCUT2D eigenvalue weighted by molar-refractivity contribution is -0.146.